The molecule has 0 spiro atoms. The Labute approximate surface area is 250 Å². The maximum Gasteiger partial charge on any atom is 0.433 e. The number of anilines is 1. The number of aromatic nitrogens is 3. The number of amides is 2. The highest BCUT2D eigenvalue weighted by Gasteiger charge is 2.33. The molecular weight excluding hydrogens is 577 g/mol. The first-order valence-corrected chi connectivity index (χ1v) is 13.7. The first kappa shape index (κ1) is 30.1. The average Bonchev–Trinajstić information content (AvgIpc) is 3.38. The van der Waals surface area contributed by atoms with Crippen molar-refractivity contribution in [2.24, 2.45) is 0 Å². The third-order valence-corrected chi connectivity index (χ3v) is 6.89. The smallest absolute Gasteiger partial charge is 0.433 e. The summed E-state index contributed by atoms with van der Waals surface area (Å²) in [7, 11) is 0. The third kappa shape index (κ3) is 6.97. The normalized spacial score (nSPS) is 14.9. The summed E-state index contributed by atoms with van der Waals surface area (Å²) in [6.07, 6.45) is -3.80. The highest BCUT2D eigenvalue weighted by Crippen LogP contribution is 2.35. The molecule has 0 aliphatic carbocycles. The van der Waals surface area contributed by atoms with Crippen LogP contribution in [0.4, 0.5) is 23.8 Å². The highest BCUT2D eigenvalue weighted by molar-refractivity contribution is 5.91. The van der Waals surface area contributed by atoms with Gasteiger partial charge in [0.1, 0.15) is 41.2 Å². The van der Waals surface area contributed by atoms with Crippen molar-refractivity contribution in [3.8, 4) is 29.0 Å². The standard InChI is InChI=1S/C31H27F3N6O4/c1-20(41)36-29-25(17-35)28(22-12-14-24(15-13-22)44-27-11-5-10-26(37-27)31(32,33)34)38-40(29)23-9-6-16-39(18-23)30(42)43-19-21-7-3-2-4-8-21/h2-5,7-8,10-15,23H,6,9,16,18-19H2,1H3,(H,36,41)/t23-/m1/s1. The molecule has 44 heavy (non-hydrogen) atoms. The van der Waals surface area contributed by atoms with Crippen molar-refractivity contribution in [3.05, 3.63) is 89.6 Å². The summed E-state index contributed by atoms with van der Waals surface area (Å²) in [6.45, 7) is 2.19. The molecule has 1 saturated heterocycles. The molecule has 1 N–H and O–H groups in total. The molecule has 1 fully saturated rings. The Morgan fingerprint density at radius 3 is 2.50 bits per heavy atom. The highest BCUT2D eigenvalue weighted by atomic mass is 19.4. The summed E-state index contributed by atoms with van der Waals surface area (Å²) in [5.41, 5.74) is 0.694. The second kappa shape index (κ2) is 12.9. The van der Waals surface area contributed by atoms with Crippen molar-refractivity contribution in [3.63, 3.8) is 0 Å². The summed E-state index contributed by atoms with van der Waals surface area (Å²) in [5.74, 6) is -0.210. The number of nitrogens with one attached hydrogen (secondary N) is 1. The van der Waals surface area contributed by atoms with E-state index in [1.165, 1.54) is 31.2 Å². The Hall–Kier alpha value is -5.38. The summed E-state index contributed by atoms with van der Waals surface area (Å²) < 4.78 is 51.6. The van der Waals surface area contributed by atoms with Gasteiger partial charge in [-0.15, -0.1) is 0 Å². The van der Waals surface area contributed by atoms with Gasteiger partial charge in [0.05, 0.1) is 6.04 Å². The number of halogens is 3. The molecule has 0 unspecified atom stereocenters. The van der Waals surface area contributed by atoms with E-state index in [1.54, 1.807) is 21.7 Å². The summed E-state index contributed by atoms with van der Waals surface area (Å²) in [4.78, 5) is 30.1. The SMILES string of the molecule is CC(=O)Nc1c(C#N)c(-c2ccc(Oc3cccc(C(F)(F)F)n3)cc2)nn1[C@@H]1CCCN(C(=O)OCc2ccccc2)C1. The summed E-state index contributed by atoms with van der Waals surface area (Å²) in [5, 5.41) is 17.5. The number of hydrogen-bond acceptors (Lipinski definition) is 7. The predicted octanol–water partition coefficient (Wildman–Crippen LogP) is 6.56. The van der Waals surface area contributed by atoms with Crippen LogP contribution >= 0.6 is 0 Å². The van der Waals surface area contributed by atoms with Crippen molar-refractivity contribution in [2.75, 3.05) is 18.4 Å². The molecule has 0 saturated carbocycles. The first-order valence-electron chi connectivity index (χ1n) is 13.7. The number of nitriles is 1. The maximum absolute atomic E-state index is 13.0. The summed E-state index contributed by atoms with van der Waals surface area (Å²) >= 11 is 0. The predicted molar refractivity (Wildman–Crippen MR) is 152 cm³/mol. The van der Waals surface area contributed by atoms with Crippen LogP contribution in [-0.2, 0) is 22.3 Å². The minimum absolute atomic E-state index is 0.122. The van der Waals surface area contributed by atoms with Gasteiger partial charge in [0.15, 0.2) is 0 Å². The van der Waals surface area contributed by atoms with Crippen LogP contribution in [-0.4, -0.2) is 44.8 Å². The van der Waals surface area contributed by atoms with E-state index < -0.39 is 23.9 Å². The Balaban J connectivity index is 1.37. The van der Waals surface area contributed by atoms with Gasteiger partial charge in [-0.05, 0) is 48.7 Å². The second-order valence-corrected chi connectivity index (χ2v) is 10.1. The lowest BCUT2D eigenvalue weighted by Gasteiger charge is -2.32. The van der Waals surface area contributed by atoms with E-state index in [-0.39, 0.29) is 47.9 Å². The lowest BCUT2D eigenvalue weighted by Crippen LogP contribution is -2.41. The van der Waals surface area contributed by atoms with Gasteiger partial charge >= 0.3 is 12.3 Å². The molecule has 1 aliphatic rings. The van der Waals surface area contributed by atoms with Gasteiger partial charge in [-0.1, -0.05) is 36.4 Å². The number of ether oxygens (including phenoxy) is 2. The fourth-order valence-corrected chi connectivity index (χ4v) is 4.86. The van der Waals surface area contributed by atoms with Crippen LogP contribution in [0, 0.1) is 11.3 Å². The van der Waals surface area contributed by atoms with Gasteiger partial charge in [0.25, 0.3) is 0 Å². The van der Waals surface area contributed by atoms with Crippen molar-refractivity contribution in [2.45, 2.75) is 38.6 Å². The van der Waals surface area contributed by atoms with Gasteiger partial charge in [-0.25, -0.2) is 14.5 Å². The number of hydrogen-bond donors (Lipinski definition) is 1. The Morgan fingerprint density at radius 1 is 1.07 bits per heavy atom. The molecule has 2 aromatic carbocycles. The van der Waals surface area contributed by atoms with E-state index in [1.807, 2.05) is 30.3 Å². The number of nitrogens with zero attached hydrogens (tertiary/aromatic N) is 5. The second-order valence-electron chi connectivity index (χ2n) is 10.1. The van der Waals surface area contributed by atoms with Gasteiger partial charge in [0.2, 0.25) is 11.8 Å². The Kier molecular flexibility index (Phi) is 8.80. The minimum atomic E-state index is -4.61. The molecule has 2 amide bonds. The number of alkyl halides is 3. The van der Waals surface area contributed by atoms with E-state index >= 15 is 0 Å². The Bertz CT molecular complexity index is 1680. The molecule has 3 heterocycles. The van der Waals surface area contributed by atoms with Crippen molar-refractivity contribution in [1.29, 1.82) is 5.26 Å². The van der Waals surface area contributed by atoms with E-state index in [0.29, 0.717) is 24.9 Å². The van der Waals surface area contributed by atoms with E-state index in [0.717, 1.165) is 11.6 Å². The topological polar surface area (TPSA) is 122 Å². The van der Waals surface area contributed by atoms with E-state index in [4.69, 9.17) is 14.6 Å². The minimum Gasteiger partial charge on any atom is -0.445 e. The quantitative estimate of drug-likeness (QED) is 0.254. The number of piperidine rings is 1. The van der Waals surface area contributed by atoms with Gasteiger partial charge < -0.3 is 19.7 Å². The maximum atomic E-state index is 13.0. The number of likely N-dealkylation sites (tertiary alicyclic amines) is 1. The van der Waals surface area contributed by atoms with Crippen LogP contribution in [0.25, 0.3) is 11.3 Å². The van der Waals surface area contributed by atoms with Crippen molar-refractivity contribution >= 4 is 17.8 Å². The molecular formula is C31H27F3N6O4. The van der Waals surface area contributed by atoms with Crippen LogP contribution in [0.5, 0.6) is 11.6 Å². The fourth-order valence-electron chi connectivity index (χ4n) is 4.86. The largest absolute Gasteiger partial charge is 0.445 e. The molecule has 2 aromatic heterocycles. The number of carbonyl (C=O) groups is 2. The van der Waals surface area contributed by atoms with Crippen LogP contribution in [0.3, 0.4) is 0 Å². The third-order valence-electron chi connectivity index (χ3n) is 6.89. The van der Waals surface area contributed by atoms with Crippen LogP contribution in [0.15, 0.2) is 72.8 Å². The van der Waals surface area contributed by atoms with Gasteiger partial charge in [-0.3, -0.25) is 4.79 Å². The van der Waals surface area contributed by atoms with E-state index in [2.05, 4.69) is 16.4 Å². The number of carbonyl (C=O) groups excluding carboxylic acids is 2. The zero-order valence-electron chi connectivity index (χ0n) is 23.5. The molecule has 1 atom stereocenters. The number of rotatable bonds is 7. The molecule has 226 valence electrons. The molecule has 0 bridgehead atoms. The van der Waals surface area contributed by atoms with Gasteiger partial charge in [-0.2, -0.15) is 23.5 Å². The number of pyridine rings is 1. The Morgan fingerprint density at radius 2 is 1.82 bits per heavy atom. The van der Waals surface area contributed by atoms with Crippen molar-refractivity contribution < 1.29 is 32.2 Å². The van der Waals surface area contributed by atoms with Gasteiger partial charge in [0, 0.05) is 31.6 Å². The first-order chi connectivity index (χ1) is 21.1. The van der Waals surface area contributed by atoms with E-state index in [9.17, 15) is 28.0 Å². The van der Waals surface area contributed by atoms with Crippen LogP contribution < -0.4 is 10.1 Å². The fraction of sp³-hybridized carbons (Fsp3) is 0.258. The summed E-state index contributed by atoms with van der Waals surface area (Å²) in [6, 6.07) is 20.7. The van der Waals surface area contributed by atoms with Crippen LogP contribution in [0.2, 0.25) is 0 Å². The molecule has 13 heteroatoms. The zero-order valence-corrected chi connectivity index (χ0v) is 23.5. The lowest BCUT2D eigenvalue weighted by atomic mass is 10.1. The average molecular weight is 605 g/mol. The molecule has 0 radical (unpaired) electrons. The molecule has 10 nitrogen and oxygen atoms in total. The van der Waals surface area contributed by atoms with Crippen molar-refractivity contribution in [1.82, 2.24) is 19.7 Å². The lowest BCUT2D eigenvalue weighted by molar-refractivity contribution is -0.141. The zero-order chi connectivity index (χ0) is 31.3. The monoisotopic (exact) mass is 604 g/mol. The molecule has 5 rings (SSSR count). The molecule has 1 aliphatic heterocycles. The number of benzene rings is 2. The van der Waals surface area contributed by atoms with Crippen LogP contribution in [0.1, 0.15) is 42.6 Å². The molecule has 4 aromatic rings.